The summed E-state index contributed by atoms with van der Waals surface area (Å²) >= 11 is 0. The van der Waals surface area contributed by atoms with Crippen LogP contribution in [0.4, 0.5) is 0 Å². The van der Waals surface area contributed by atoms with Gasteiger partial charge in [-0.1, -0.05) is 42.7 Å². The van der Waals surface area contributed by atoms with Gasteiger partial charge in [-0.2, -0.15) is 0 Å². The van der Waals surface area contributed by atoms with Crippen molar-refractivity contribution in [3.8, 4) is 0 Å². The summed E-state index contributed by atoms with van der Waals surface area (Å²) in [6, 6.07) is 8.27. The van der Waals surface area contributed by atoms with Gasteiger partial charge in [0.05, 0.1) is 23.6 Å². The fourth-order valence-electron chi connectivity index (χ4n) is 4.38. The van der Waals surface area contributed by atoms with Gasteiger partial charge in [0.25, 0.3) is 0 Å². The molecular formula is C20H26N4O. The Bertz CT molecular complexity index is 761. The fraction of sp³-hybridized carbons (Fsp3) is 0.500. The number of benzene rings is 1. The lowest BCUT2D eigenvalue weighted by molar-refractivity contribution is -0.124. The summed E-state index contributed by atoms with van der Waals surface area (Å²) in [5, 5.41) is 6.75. The number of H-pyrrole nitrogens is 1. The molecule has 0 saturated heterocycles. The molecule has 1 saturated carbocycles. The minimum Gasteiger partial charge on any atom is -0.354 e. The molecule has 1 amide bonds. The third kappa shape index (κ3) is 3.21. The van der Waals surface area contributed by atoms with Crippen LogP contribution in [0.2, 0.25) is 0 Å². The highest BCUT2D eigenvalue weighted by Gasteiger charge is 2.45. The van der Waals surface area contributed by atoms with Crippen LogP contribution in [0, 0.1) is 6.92 Å². The number of amides is 1. The molecule has 1 aromatic heterocycles. The zero-order chi connectivity index (χ0) is 17.3. The summed E-state index contributed by atoms with van der Waals surface area (Å²) in [4.78, 5) is 20.5. The number of hydrogen-bond acceptors (Lipinski definition) is 3. The Morgan fingerprint density at radius 3 is 3.00 bits per heavy atom. The first-order valence-electron chi connectivity index (χ1n) is 9.30. The van der Waals surface area contributed by atoms with Gasteiger partial charge in [0.2, 0.25) is 5.91 Å². The van der Waals surface area contributed by atoms with Gasteiger partial charge in [0, 0.05) is 18.7 Å². The second-order valence-electron chi connectivity index (χ2n) is 7.45. The summed E-state index contributed by atoms with van der Waals surface area (Å²) in [5.41, 5.74) is 4.67. The molecule has 25 heavy (non-hydrogen) atoms. The third-order valence-corrected chi connectivity index (χ3v) is 5.60. The molecule has 0 radical (unpaired) electrons. The minimum absolute atomic E-state index is 0.0965. The van der Waals surface area contributed by atoms with Gasteiger partial charge in [0.1, 0.15) is 0 Å². The number of hydrogen-bond donors (Lipinski definition) is 3. The average molecular weight is 338 g/mol. The van der Waals surface area contributed by atoms with E-state index >= 15 is 0 Å². The lowest BCUT2D eigenvalue weighted by atomic mass is 9.84. The number of aryl methyl sites for hydroxylation is 1. The number of fused-ring (bicyclic) bond motifs is 2. The summed E-state index contributed by atoms with van der Waals surface area (Å²) in [6.45, 7) is 2.76. The van der Waals surface area contributed by atoms with E-state index < -0.39 is 0 Å². The Labute approximate surface area is 148 Å². The van der Waals surface area contributed by atoms with Crippen molar-refractivity contribution in [3.05, 3.63) is 53.1 Å². The Hall–Kier alpha value is -2.14. The molecule has 2 heterocycles. The van der Waals surface area contributed by atoms with E-state index in [1.54, 1.807) is 6.33 Å². The SMILES string of the molecule is Cc1cccc(CCNC(=O)[C@@H]2Cc3[nH]cnc3C3(CCCC3)N2)c1. The smallest absolute Gasteiger partial charge is 0.237 e. The highest BCUT2D eigenvalue weighted by molar-refractivity contribution is 5.82. The second kappa shape index (κ2) is 6.64. The molecule has 2 aliphatic rings. The predicted octanol–water partition coefficient (Wildman–Crippen LogP) is 2.36. The van der Waals surface area contributed by atoms with Crippen molar-refractivity contribution < 1.29 is 4.79 Å². The number of imidazole rings is 1. The van der Waals surface area contributed by atoms with E-state index in [0.717, 1.165) is 30.7 Å². The van der Waals surface area contributed by atoms with Gasteiger partial charge in [-0.15, -0.1) is 0 Å². The monoisotopic (exact) mass is 338 g/mol. The largest absolute Gasteiger partial charge is 0.354 e. The van der Waals surface area contributed by atoms with E-state index in [1.807, 2.05) is 0 Å². The van der Waals surface area contributed by atoms with E-state index in [4.69, 9.17) is 0 Å². The van der Waals surface area contributed by atoms with E-state index in [-0.39, 0.29) is 17.5 Å². The van der Waals surface area contributed by atoms with Crippen molar-refractivity contribution in [1.82, 2.24) is 20.6 Å². The zero-order valence-corrected chi connectivity index (χ0v) is 14.8. The summed E-state index contributed by atoms with van der Waals surface area (Å²) in [7, 11) is 0. The van der Waals surface area contributed by atoms with Crippen LogP contribution < -0.4 is 10.6 Å². The molecule has 2 aromatic rings. The van der Waals surface area contributed by atoms with Crippen molar-refractivity contribution in [1.29, 1.82) is 0 Å². The third-order valence-electron chi connectivity index (χ3n) is 5.60. The van der Waals surface area contributed by atoms with Crippen molar-refractivity contribution in [2.75, 3.05) is 6.54 Å². The molecule has 5 heteroatoms. The molecule has 0 bridgehead atoms. The van der Waals surface area contributed by atoms with Crippen LogP contribution in [0.3, 0.4) is 0 Å². The Morgan fingerprint density at radius 1 is 1.36 bits per heavy atom. The summed E-state index contributed by atoms with van der Waals surface area (Å²) in [6.07, 6.45) is 7.84. The molecule has 5 nitrogen and oxygen atoms in total. The molecule has 3 N–H and O–H groups in total. The molecule has 1 aromatic carbocycles. The number of carbonyl (C=O) groups excluding carboxylic acids is 1. The van der Waals surface area contributed by atoms with Gasteiger partial charge >= 0.3 is 0 Å². The van der Waals surface area contributed by atoms with Gasteiger partial charge in [-0.05, 0) is 31.7 Å². The number of carbonyl (C=O) groups is 1. The first-order valence-corrected chi connectivity index (χ1v) is 9.30. The average Bonchev–Trinajstić information content (AvgIpc) is 3.25. The maximum absolute atomic E-state index is 12.7. The van der Waals surface area contributed by atoms with Crippen molar-refractivity contribution in [3.63, 3.8) is 0 Å². The molecule has 1 spiro atoms. The zero-order valence-electron chi connectivity index (χ0n) is 14.8. The second-order valence-corrected chi connectivity index (χ2v) is 7.45. The van der Waals surface area contributed by atoms with Gasteiger partial charge < -0.3 is 10.3 Å². The highest BCUT2D eigenvalue weighted by atomic mass is 16.2. The number of aromatic amines is 1. The molecule has 4 rings (SSSR count). The first-order chi connectivity index (χ1) is 12.2. The van der Waals surface area contributed by atoms with Gasteiger partial charge in [0.15, 0.2) is 0 Å². The Morgan fingerprint density at radius 2 is 2.20 bits per heavy atom. The summed E-state index contributed by atoms with van der Waals surface area (Å²) < 4.78 is 0. The van der Waals surface area contributed by atoms with E-state index in [1.165, 1.54) is 24.0 Å². The number of rotatable bonds is 4. The van der Waals surface area contributed by atoms with Gasteiger partial charge in [-0.25, -0.2) is 4.98 Å². The van der Waals surface area contributed by atoms with Crippen molar-refractivity contribution in [2.45, 2.75) is 57.0 Å². The van der Waals surface area contributed by atoms with E-state index in [0.29, 0.717) is 13.0 Å². The fourth-order valence-corrected chi connectivity index (χ4v) is 4.38. The quantitative estimate of drug-likeness (QED) is 0.801. The molecule has 1 aliphatic carbocycles. The number of nitrogens with one attached hydrogen (secondary N) is 3. The summed E-state index contributed by atoms with van der Waals surface area (Å²) in [5.74, 6) is 0.0965. The lowest BCUT2D eigenvalue weighted by Gasteiger charge is -2.38. The van der Waals surface area contributed by atoms with Crippen LogP contribution in [0.25, 0.3) is 0 Å². The molecule has 1 fully saturated rings. The van der Waals surface area contributed by atoms with Crippen LogP contribution in [-0.2, 0) is 23.2 Å². The molecule has 132 valence electrons. The Balaban J connectivity index is 1.39. The highest BCUT2D eigenvalue weighted by Crippen LogP contribution is 2.41. The topological polar surface area (TPSA) is 69.8 Å². The van der Waals surface area contributed by atoms with Crippen LogP contribution in [0.1, 0.15) is 48.2 Å². The standard InChI is InChI=1S/C20H26N4O/c1-14-5-4-6-15(11-14)7-10-21-19(25)17-12-16-18(23-13-22-16)20(24-17)8-2-3-9-20/h4-6,11,13,17,24H,2-3,7-10,12H2,1H3,(H,21,25)(H,22,23)/t17-/m0/s1. The minimum atomic E-state index is -0.177. The van der Waals surface area contributed by atoms with Crippen LogP contribution in [0.15, 0.2) is 30.6 Å². The molecule has 1 atom stereocenters. The first kappa shape index (κ1) is 16.3. The normalized spacial score (nSPS) is 21.2. The van der Waals surface area contributed by atoms with Crippen molar-refractivity contribution in [2.24, 2.45) is 0 Å². The predicted molar refractivity (Wildman–Crippen MR) is 97.3 cm³/mol. The maximum Gasteiger partial charge on any atom is 0.237 e. The van der Waals surface area contributed by atoms with E-state index in [2.05, 4.69) is 51.8 Å². The molecule has 1 aliphatic heterocycles. The number of aromatic nitrogens is 2. The van der Waals surface area contributed by atoms with Crippen LogP contribution in [-0.4, -0.2) is 28.5 Å². The molecule has 0 unspecified atom stereocenters. The number of nitrogens with zero attached hydrogens (tertiary/aromatic N) is 1. The van der Waals surface area contributed by atoms with E-state index in [9.17, 15) is 4.79 Å². The molecular weight excluding hydrogens is 312 g/mol. The van der Waals surface area contributed by atoms with Gasteiger partial charge in [-0.3, -0.25) is 10.1 Å². The lowest BCUT2D eigenvalue weighted by Crippen LogP contribution is -2.57. The van der Waals surface area contributed by atoms with Crippen LogP contribution >= 0.6 is 0 Å². The van der Waals surface area contributed by atoms with Crippen LogP contribution in [0.5, 0.6) is 0 Å². The maximum atomic E-state index is 12.7. The van der Waals surface area contributed by atoms with Crippen molar-refractivity contribution >= 4 is 5.91 Å². The Kier molecular flexibility index (Phi) is 4.34.